The highest BCUT2D eigenvalue weighted by molar-refractivity contribution is 6.00. The molecule has 10 heteroatoms. The van der Waals surface area contributed by atoms with E-state index in [9.17, 15) is 28.6 Å². The van der Waals surface area contributed by atoms with Crippen molar-refractivity contribution in [3.63, 3.8) is 0 Å². The number of Topliss-reactive ketones (excluding diaryl/α,β-unsaturated/α-hetero) is 2. The second-order valence-electron chi connectivity index (χ2n) is 10.6. The van der Waals surface area contributed by atoms with Gasteiger partial charge in [-0.2, -0.15) is 0 Å². The fraction of sp³-hybridized carbons (Fsp3) is 0.278. The van der Waals surface area contributed by atoms with Crippen LogP contribution in [0.1, 0.15) is 64.1 Å². The standard InChI is InChI=1S/C36H36F2O8/c1-4-7-23-14-27(31(40)17-30(23)39)32(41)21-46-34-12-11-22(13-29(34)38)19-45-35-18-36(43-3)28(15-24(35)8-5-2)33(42)20-44-26-10-6-9-25(37)16-26/h6,9-18,39-40H,4-5,7-8,19-21H2,1-3H3. The van der Waals surface area contributed by atoms with Crippen molar-refractivity contribution in [2.45, 2.75) is 46.1 Å². The Bertz CT molecular complexity index is 1700. The smallest absolute Gasteiger partial charge is 0.203 e. The number of aromatic hydroxyl groups is 2. The Kier molecular flexibility index (Phi) is 11.6. The van der Waals surface area contributed by atoms with Gasteiger partial charge in [-0.1, -0.05) is 38.8 Å². The van der Waals surface area contributed by atoms with E-state index in [1.165, 1.54) is 43.5 Å². The molecule has 0 saturated carbocycles. The maximum Gasteiger partial charge on any atom is 0.203 e. The number of ether oxygens (including phenoxy) is 4. The Labute approximate surface area is 266 Å². The number of carbonyl (C=O) groups is 2. The molecule has 0 aliphatic carbocycles. The molecule has 2 N–H and O–H groups in total. The molecule has 0 bridgehead atoms. The summed E-state index contributed by atoms with van der Waals surface area (Å²) in [6.45, 7) is 3.06. The summed E-state index contributed by atoms with van der Waals surface area (Å²) in [7, 11) is 1.43. The van der Waals surface area contributed by atoms with Crippen molar-refractivity contribution < 1.29 is 47.5 Å². The van der Waals surface area contributed by atoms with Crippen molar-refractivity contribution in [3.05, 3.63) is 106 Å². The van der Waals surface area contributed by atoms with Gasteiger partial charge in [-0.25, -0.2) is 8.78 Å². The second kappa shape index (κ2) is 15.7. The molecule has 4 rings (SSSR count). The predicted octanol–water partition coefficient (Wildman–Crippen LogP) is 7.39. The second-order valence-corrected chi connectivity index (χ2v) is 10.6. The molecular weight excluding hydrogens is 598 g/mol. The molecule has 0 heterocycles. The molecule has 0 aromatic heterocycles. The third-order valence-electron chi connectivity index (χ3n) is 7.13. The predicted molar refractivity (Wildman–Crippen MR) is 168 cm³/mol. The van der Waals surface area contributed by atoms with Gasteiger partial charge in [-0.05, 0) is 65.9 Å². The lowest BCUT2D eigenvalue weighted by Gasteiger charge is -2.16. The summed E-state index contributed by atoms with van der Waals surface area (Å²) in [6.07, 6.45) is 2.61. The Balaban J connectivity index is 1.42. The van der Waals surface area contributed by atoms with E-state index in [1.807, 2.05) is 13.8 Å². The lowest BCUT2D eigenvalue weighted by molar-refractivity contribution is 0.0909. The number of aryl methyl sites for hydroxylation is 2. The molecule has 242 valence electrons. The summed E-state index contributed by atoms with van der Waals surface area (Å²) in [5.41, 5.74) is 2.03. The zero-order valence-electron chi connectivity index (χ0n) is 25.9. The summed E-state index contributed by atoms with van der Waals surface area (Å²) >= 11 is 0. The Morgan fingerprint density at radius 1 is 0.696 bits per heavy atom. The van der Waals surface area contributed by atoms with Crippen LogP contribution in [-0.2, 0) is 19.4 Å². The number of carbonyl (C=O) groups excluding carboxylic acids is 2. The van der Waals surface area contributed by atoms with Gasteiger partial charge in [0.1, 0.15) is 41.2 Å². The van der Waals surface area contributed by atoms with Crippen LogP contribution >= 0.6 is 0 Å². The minimum Gasteiger partial charge on any atom is -0.508 e. The average Bonchev–Trinajstić information content (AvgIpc) is 3.03. The van der Waals surface area contributed by atoms with Crippen LogP contribution in [0, 0.1) is 11.6 Å². The molecule has 0 aliphatic heterocycles. The molecule has 0 fully saturated rings. The van der Waals surface area contributed by atoms with Crippen LogP contribution < -0.4 is 18.9 Å². The number of ketones is 2. The summed E-state index contributed by atoms with van der Waals surface area (Å²) in [5.74, 6) is -1.78. The van der Waals surface area contributed by atoms with Crippen LogP contribution in [0.2, 0.25) is 0 Å². The van der Waals surface area contributed by atoms with Gasteiger partial charge < -0.3 is 29.2 Å². The summed E-state index contributed by atoms with van der Waals surface area (Å²) in [4.78, 5) is 25.7. The van der Waals surface area contributed by atoms with Gasteiger partial charge in [0, 0.05) is 18.2 Å². The van der Waals surface area contributed by atoms with E-state index < -0.39 is 24.0 Å². The minimum atomic E-state index is -0.707. The van der Waals surface area contributed by atoms with E-state index in [1.54, 1.807) is 24.3 Å². The van der Waals surface area contributed by atoms with Gasteiger partial charge in [0.25, 0.3) is 0 Å². The van der Waals surface area contributed by atoms with Gasteiger partial charge in [-0.3, -0.25) is 9.59 Å². The largest absolute Gasteiger partial charge is 0.508 e. The van der Waals surface area contributed by atoms with Crippen molar-refractivity contribution in [2.24, 2.45) is 0 Å². The highest BCUT2D eigenvalue weighted by atomic mass is 19.1. The van der Waals surface area contributed by atoms with Gasteiger partial charge in [0.05, 0.1) is 18.2 Å². The molecule has 0 aliphatic rings. The first-order valence-electron chi connectivity index (χ1n) is 14.9. The number of hydrogen-bond donors (Lipinski definition) is 2. The number of phenols is 2. The van der Waals surface area contributed by atoms with Crippen molar-refractivity contribution in [2.75, 3.05) is 20.3 Å². The van der Waals surface area contributed by atoms with Crippen LogP contribution in [0.5, 0.6) is 34.5 Å². The summed E-state index contributed by atoms with van der Waals surface area (Å²) in [6, 6.07) is 15.5. The van der Waals surface area contributed by atoms with Crippen LogP contribution in [0.3, 0.4) is 0 Å². The first kappa shape index (κ1) is 33.8. The van der Waals surface area contributed by atoms with E-state index in [2.05, 4.69) is 0 Å². The number of phenolic OH excluding ortho intramolecular Hbond substituents is 2. The van der Waals surface area contributed by atoms with Crippen LogP contribution in [0.25, 0.3) is 0 Å². The van der Waals surface area contributed by atoms with E-state index in [0.717, 1.165) is 24.5 Å². The molecule has 0 unspecified atom stereocenters. The molecule has 0 saturated heterocycles. The molecule has 4 aromatic rings. The fourth-order valence-corrected chi connectivity index (χ4v) is 4.82. The van der Waals surface area contributed by atoms with Crippen molar-refractivity contribution in [3.8, 4) is 34.5 Å². The summed E-state index contributed by atoms with van der Waals surface area (Å²) in [5, 5.41) is 20.1. The highest BCUT2D eigenvalue weighted by Crippen LogP contribution is 2.32. The average molecular weight is 635 g/mol. The van der Waals surface area contributed by atoms with E-state index in [4.69, 9.17) is 18.9 Å². The fourth-order valence-electron chi connectivity index (χ4n) is 4.82. The van der Waals surface area contributed by atoms with E-state index in [0.29, 0.717) is 35.3 Å². The molecule has 8 nitrogen and oxygen atoms in total. The van der Waals surface area contributed by atoms with E-state index in [-0.39, 0.29) is 53.3 Å². The van der Waals surface area contributed by atoms with Gasteiger partial charge >= 0.3 is 0 Å². The Hall–Kier alpha value is -5.12. The third-order valence-corrected chi connectivity index (χ3v) is 7.13. The molecule has 0 spiro atoms. The maximum absolute atomic E-state index is 14.9. The van der Waals surface area contributed by atoms with E-state index >= 15 is 0 Å². The van der Waals surface area contributed by atoms with Crippen LogP contribution in [-0.4, -0.2) is 42.1 Å². The lowest BCUT2D eigenvalue weighted by Crippen LogP contribution is -2.14. The SMILES string of the molecule is CCCc1cc(C(=O)COc2ccc(COc3cc(OC)c(C(=O)COc4cccc(F)c4)cc3CCC)cc2F)c(O)cc1O. The third kappa shape index (κ3) is 8.53. The number of methoxy groups -OCH3 is 1. The Morgan fingerprint density at radius 2 is 1.39 bits per heavy atom. The van der Waals surface area contributed by atoms with Crippen molar-refractivity contribution >= 4 is 11.6 Å². The van der Waals surface area contributed by atoms with Crippen LogP contribution in [0.15, 0.2) is 66.7 Å². The maximum atomic E-state index is 14.9. The summed E-state index contributed by atoms with van der Waals surface area (Å²) < 4.78 is 50.8. The molecule has 46 heavy (non-hydrogen) atoms. The zero-order chi connectivity index (χ0) is 33.2. The number of halogens is 2. The molecule has 0 amide bonds. The quantitative estimate of drug-likeness (QED) is 0.123. The van der Waals surface area contributed by atoms with Gasteiger partial charge in [0.15, 0.2) is 24.8 Å². The molecule has 0 atom stereocenters. The molecular formula is C36H36F2O8. The van der Waals surface area contributed by atoms with Crippen molar-refractivity contribution in [1.29, 1.82) is 0 Å². The first-order chi connectivity index (χ1) is 22.1. The highest BCUT2D eigenvalue weighted by Gasteiger charge is 2.19. The minimum absolute atomic E-state index is 0.00639. The van der Waals surface area contributed by atoms with Gasteiger partial charge in [0.2, 0.25) is 11.6 Å². The topological polar surface area (TPSA) is 112 Å². The first-order valence-corrected chi connectivity index (χ1v) is 14.9. The molecule has 0 radical (unpaired) electrons. The molecule has 4 aromatic carbocycles. The van der Waals surface area contributed by atoms with Crippen molar-refractivity contribution in [1.82, 2.24) is 0 Å². The Morgan fingerprint density at radius 3 is 2.09 bits per heavy atom. The number of hydrogen-bond acceptors (Lipinski definition) is 8. The van der Waals surface area contributed by atoms with Crippen LogP contribution in [0.4, 0.5) is 8.78 Å². The normalized spacial score (nSPS) is 10.8. The zero-order valence-corrected chi connectivity index (χ0v) is 25.9. The number of rotatable bonds is 16. The monoisotopic (exact) mass is 634 g/mol. The van der Waals surface area contributed by atoms with Gasteiger partial charge in [-0.15, -0.1) is 0 Å². The number of benzene rings is 4. The lowest BCUT2D eigenvalue weighted by atomic mass is 10.0.